The van der Waals surface area contributed by atoms with Gasteiger partial charge in [-0.15, -0.1) is 0 Å². The average Bonchev–Trinajstić information content (AvgIpc) is 3.09. The van der Waals surface area contributed by atoms with Crippen molar-refractivity contribution in [3.63, 3.8) is 0 Å². The van der Waals surface area contributed by atoms with Gasteiger partial charge in [-0.25, -0.2) is 0 Å². The summed E-state index contributed by atoms with van der Waals surface area (Å²) in [6, 6.07) is 9.13. The highest BCUT2D eigenvalue weighted by atomic mass is 79.9. The van der Waals surface area contributed by atoms with E-state index in [1.54, 1.807) is 17.2 Å². The Kier molecular flexibility index (Phi) is 3.74. The molecule has 0 radical (unpaired) electrons. The van der Waals surface area contributed by atoms with E-state index in [1.165, 1.54) is 0 Å². The number of hydrogen-bond acceptors (Lipinski definition) is 3. The van der Waals surface area contributed by atoms with Gasteiger partial charge in [-0.3, -0.25) is 14.7 Å². The van der Waals surface area contributed by atoms with Crippen LogP contribution in [0.3, 0.4) is 0 Å². The number of rotatable bonds is 3. The van der Waals surface area contributed by atoms with Gasteiger partial charge in [0.2, 0.25) is 11.8 Å². The molecule has 2 N–H and O–H groups in total. The first-order valence-electron chi connectivity index (χ1n) is 6.53. The van der Waals surface area contributed by atoms with Crippen molar-refractivity contribution < 1.29 is 9.59 Å². The van der Waals surface area contributed by atoms with Crippen molar-refractivity contribution >= 4 is 39.2 Å². The summed E-state index contributed by atoms with van der Waals surface area (Å²) in [6.07, 6.45) is 2.04. The Bertz CT molecular complexity index is 671. The zero-order chi connectivity index (χ0) is 14.8. The number of anilines is 2. The minimum absolute atomic E-state index is 0.182. The van der Waals surface area contributed by atoms with Crippen molar-refractivity contribution in [2.45, 2.75) is 6.42 Å². The molecule has 1 fully saturated rings. The van der Waals surface area contributed by atoms with Gasteiger partial charge < -0.3 is 10.2 Å². The lowest BCUT2D eigenvalue weighted by Gasteiger charge is -2.18. The molecule has 0 spiro atoms. The van der Waals surface area contributed by atoms with Crippen molar-refractivity contribution in [2.75, 3.05) is 16.8 Å². The van der Waals surface area contributed by atoms with E-state index in [9.17, 15) is 9.59 Å². The van der Waals surface area contributed by atoms with Gasteiger partial charge in [0.1, 0.15) is 11.7 Å². The number of carbonyl (C=O) groups is 2. The summed E-state index contributed by atoms with van der Waals surface area (Å²) in [4.78, 5) is 26.3. The Balaban J connectivity index is 1.74. The van der Waals surface area contributed by atoms with E-state index in [2.05, 4.69) is 31.4 Å². The van der Waals surface area contributed by atoms with E-state index in [-0.39, 0.29) is 11.8 Å². The van der Waals surface area contributed by atoms with Crippen LogP contribution in [0.2, 0.25) is 0 Å². The smallest absolute Gasteiger partial charge is 0.239 e. The molecule has 1 aromatic heterocycles. The van der Waals surface area contributed by atoms with Crippen LogP contribution in [0.5, 0.6) is 0 Å². The van der Waals surface area contributed by atoms with Crippen LogP contribution in [-0.4, -0.2) is 28.6 Å². The maximum Gasteiger partial charge on any atom is 0.239 e. The van der Waals surface area contributed by atoms with Crippen molar-refractivity contribution in [3.8, 4) is 0 Å². The maximum atomic E-state index is 12.4. The summed E-state index contributed by atoms with van der Waals surface area (Å²) >= 11 is 3.43. The fraction of sp³-hybridized carbons (Fsp3) is 0.214. The van der Waals surface area contributed by atoms with Crippen LogP contribution in [0.4, 0.5) is 11.5 Å². The van der Waals surface area contributed by atoms with E-state index in [0.29, 0.717) is 18.8 Å². The van der Waals surface area contributed by atoms with Crippen LogP contribution < -0.4 is 10.2 Å². The number of amides is 2. The zero-order valence-corrected chi connectivity index (χ0v) is 12.6. The van der Waals surface area contributed by atoms with E-state index in [0.717, 1.165) is 10.2 Å². The molecule has 3 rings (SSSR count). The minimum atomic E-state index is -0.666. The van der Waals surface area contributed by atoms with Gasteiger partial charge >= 0.3 is 0 Å². The normalized spacial score (nSPS) is 18.0. The maximum absolute atomic E-state index is 12.4. The SMILES string of the molecule is O=C(Nc1ccn[nH]1)[C@@H]1CCN(c2ccccc2Br)C1=O. The van der Waals surface area contributed by atoms with Crippen molar-refractivity contribution in [1.29, 1.82) is 0 Å². The Hall–Kier alpha value is -2.15. The number of carbonyl (C=O) groups excluding carboxylic acids is 2. The van der Waals surface area contributed by atoms with Gasteiger partial charge in [-0.1, -0.05) is 12.1 Å². The number of aromatic amines is 1. The minimum Gasteiger partial charge on any atom is -0.311 e. The van der Waals surface area contributed by atoms with Gasteiger partial charge in [-0.2, -0.15) is 5.10 Å². The number of para-hydroxylation sites is 1. The highest BCUT2D eigenvalue weighted by Crippen LogP contribution is 2.31. The molecular formula is C14H13BrN4O2. The first-order chi connectivity index (χ1) is 10.2. The van der Waals surface area contributed by atoms with Crippen LogP contribution in [0, 0.1) is 5.92 Å². The van der Waals surface area contributed by atoms with Crippen LogP contribution >= 0.6 is 15.9 Å². The molecule has 1 atom stereocenters. The Labute approximate surface area is 129 Å². The summed E-state index contributed by atoms with van der Waals surface area (Å²) in [5, 5.41) is 9.06. The van der Waals surface area contributed by atoms with Crippen LogP contribution in [-0.2, 0) is 9.59 Å². The molecule has 0 unspecified atom stereocenters. The summed E-state index contributed by atoms with van der Waals surface area (Å²) in [5.41, 5.74) is 0.791. The lowest BCUT2D eigenvalue weighted by molar-refractivity contribution is -0.129. The summed E-state index contributed by atoms with van der Waals surface area (Å²) < 4.78 is 0.841. The number of halogens is 1. The highest BCUT2D eigenvalue weighted by Gasteiger charge is 2.38. The number of hydrogen-bond donors (Lipinski definition) is 2. The molecule has 0 saturated carbocycles. The molecule has 1 aliphatic rings. The Morgan fingerprint density at radius 3 is 2.90 bits per heavy atom. The van der Waals surface area contributed by atoms with Gasteiger partial charge in [0.25, 0.3) is 0 Å². The van der Waals surface area contributed by atoms with Gasteiger partial charge in [0.15, 0.2) is 0 Å². The molecule has 0 bridgehead atoms. The molecule has 1 saturated heterocycles. The third-order valence-corrected chi connectivity index (χ3v) is 4.09. The monoisotopic (exact) mass is 348 g/mol. The third-order valence-electron chi connectivity index (χ3n) is 3.42. The predicted molar refractivity (Wildman–Crippen MR) is 81.8 cm³/mol. The number of nitrogens with one attached hydrogen (secondary N) is 2. The zero-order valence-electron chi connectivity index (χ0n) is 11.0. The van der Waals surface area contributed by atoms with Crippen LogP contribution in [0.1, 0.15) is 6.42 Å². The Morgan fingerprint density at radius 1 is 1.38 bits per heavy atom. The summed E-state index contributed by atoms with van der Waals surface area (Å²) in [5.74, 6) is -0.662. The first-order valence-corrected chi connectivity index (χ1v) is 7.32. The highest BCUT2D eigenvalue weighted by molar-refractivity contribution is 9.10. The number of H-pyrrole nitrogens is 1. The van der Waals surface area contributed by atoms with Crippen molar-refractivity contribution in [2.24, 2.45) is 5.92 Å². The second-order valence-corrected chi connectivity index (χ2v) is 5.60. The van der Waals surface area contributed by atoms with Crippen molar-refractivity contribution in [3.05, 3.63) is 41.0 Å². The number of aromatic nitrogens is 2. The number of nitrogens with zero attached hydrogens (tertiary/aromatic N) is 2. The lowest BCUT2D eigenvalue weighted by atomic mass is 10.1. The van der Waals surface area contributed by atoms with Crippen LogP contribution in [0.15, 0.2) is 41.0 Å². The lowest BCUT2D eigenvalue weighted by Crippen LogP contribution is -2.33. The van der Waals surface area contributed by atoms with E-state index in [1.807, 2.05) is 24.3 Å². The fourth-order valence-corrected chi connectivity index (χ4v) is 2.88. The molecule has 2 aromatic rings. The van der Waals surface area contributed by atoms with E-state index in [4.69, 9.17) is 0 Å². The second kappa shape index (κ2) is 5.69. The molecule has 7 heteroatoms. The van der Waals surface area contributed by atoms with Gasteiger partial charge in [0.05, 0.1) is 11.9 Å². The molecule has 1 aliphatic heterocycles. The van der Waals surface area contributed by atoms with Crippen molar-refractivity contribution in [1.82, 2.24) is 10.2 Å². The molecule has 6 nitrogen and oxygen atoms in total. The molecule has 1 aromatic carbocycles. The molecule has 2 heterocycles. The average molecular weight is 349 g/mol. The molecule has 0 aliphatic carbocycles. The second-order valence-electron chi connectivity index (χ2n) is 4.74. The number of benzene rings is 1. The molecule has 108 valence electrons. The summed E-state index contributed by atoms with van der Waals surface area (Å²) in [6.45, 7) is 0.530. The predicted octanol–water partition coefficient (Wildman–Crippen LogP) is 2.16. The van der Waals surface area contributed by atoms with E-state index < -0.39 is 5.92 Å². The first kappa shape index (κ1) is 13.8. The molecule has 2 amide bonds. The summed E-state index contributed by atoms with van der Waals surface area (Å²) in [7, 11) is 0. The molecule has 21 heavy (non-hydrogen) atoms. The quantitative estimate of drug-likeness (QED) is 0.834. The standard InChI is InChI=1S/C14H13BrN4O2/c15-10-3-1-2-4-11(10)19-8-6-9(14(19)21)13(20)17-12-5-7-16-18-12/h1-5,7,9H,6,8H2,(H2,16,17,18,20)/t9-/m0/s1. The van der Waals surface area contributed by atoms with E-state index >= 15 is 0 Å². The van der Waals surface area contributed by atoms with Gasteiger partial charge in [0, 0.05) is 17.1 Å². The van der Waals surface area contributed by atoms with Gasteiger partial charge in [-0.05, 0) is 34.5 Å². The van der Waals surface area contributed by atoms with Crippen LogP contribution in [0.25, 0.3) is 0 Å². The fourth-order valence-electron chi connectivity index (χ4n) is 2.38. The largest absolute Gasteiger partial charge is 0.311 e. The topological polar surface area (TPSA) is 78.1 Å². The molecular weight excluding hydrogens is 336 g/mol. The third kappa shape index (κ3) is 2.69. The Morgan fingerprint density at radius 2 is 2.19 bits per heavy atom.